The van der Waals surface area contributed by atoms with Crippen molar-refractivity contribution >= 4 is 21.7 Å². The van der Waals surface area contributed by atoms with E-state index in [9.17, 15) is 18.0 Å². The van der Waals surface area contributed by atoms with E-state index in [-0.39, 0.29) is 35.2 Å². The normalized spacial score (nSPS) is 29.1. The number of piperidine rings is 1. The van der Waals surface area contributed by atoms with Crippen LogP contribution in [0.15, 0.2) is 0 Å². The molecule has 1 N–H and O–H groups in total. The minimum Gasteiger partial charge on any atom is -0.356 e. The predicted octanol–water partition coefficient (Wildman–Crippen LogP) is -0.204. The zero-order valence-corrected chi connectivity index (χ0v) is 12.6. The summed E-state index contributed by atoms with van der Waals surface area (Å²) in [4.78, 5) is 25.0. The summed E-state index contributed by atoms with van der Waals surface area (Å²) < 4.78 is 22.9. The molecule has 0 aromatic carbocycles. The second-order valence-corrected chi connectivity index (χ2v) is 8.06. The van der Waals surface area contributed by atoms with Crippen LogP contribution in [0.4, 0.5) is 0 Å². The zero-order chi connectivity index (χ0) is 14.8. The third-order valence-corrected chi connectivity index (χ3v) is 5.82. The lowest BCUT2D eigenvalue weighted by Gasteiger charge is -2.34. The van der Waals surface area contributed by atoms with Gasteiger partial charge in [-0.3, -0.25) is 9.59 Å². The number of likely N-dealkylation sites (tertiary alicyclic amines) is 1. The summed E-state index contributed by atoms with van der Waals surface area (Å²) in [6.07, 6.45) is 2.36. The standard InChI is InChI=1S/C13H22N2O4S/c1-10(16)14-7-11-3-2-5-15(8-11)13(17)12-4-6-20(18,19)9-12/h11-12H,2-9H2,1H3,(H,14,16)/t11-,12-/m1/s1. The summed E-state index contributed by atoms with van der Waals surface area (Å²) >= 11 is 0. The molecule has 2 heterocycles. The molecule has 2 fully saturated rings. The highest BCUT2D eigenvalue weighted by Crippen LogP contribution is 2.24. The van der Waals surface area contributed by atoms with E-state index in [0.717, 1.165) is 12.8 Å². The van der Waals surface area contributed by atoms with Gasteiger partial charge in [-0.15, -0.1) is 0 Å². The number of rotatable bonds is 3. The Morgan fingerprint density at radius 1 is 1.30 bits per heavy atom. The monoisotopic (exact) mass is 302 g/mol. The number of hydrogen-bond donors (Lipinski definition) is 1. The summed E-state index contributed by atoms with van der Waals surface area (Å²) in [6.45, 7) is 3.39. The van der Waals surface area contributed by atoms with Gasteiger partial charge in [0.2, 0.25) is 11.8 Å². The molecule has 2 saturated heterocycles. The fourth-order valence-corrected chi connectivity index (χ4v) is 4.70. The van der Waals surface area contributed by atoms with Crippen LogP contribution in [0.5, 0.6) is 0 Å². The van der Waals surface area contributed by atoms with Crippen LogP contribution >= 0.6 is 0 Å². The molecule has 2 aliphatic rings. The lowest BCUT2D eigenvalue weighted by atomic mass is 9.96. The summed E-state index contributed by atoms with van der Waals surface area (Å²) in [5.41, 5.74) is 0. The van der Waals surface area contributed by atoms with E-state index in [4.69, 9.17) is 0 Å². The molecule has 2 amide bonds. The summed E-state index contributed by atoms with van der Waals surface area (Å²) in [6, 6.07) is 0. The highest BCUT2D eigenvalue weighted by atomic mass is 32.2. The van der Waals surface area contributed by atoms with Gasteiger partial charge in [0.1, 0.15) is 0 Å². The van der Waals surface area contributed by atoms with Crippen molar-refractivity contribution in [3.05, 3.63) is 0 Å². The van der Waals surface area contributed by atoms with Crippen molar-refractivity contribution in [1.82, 2.24) is 10.2 Å². The fourth-order valence-electron chi connectivity index (χ4n) is 2.97. The van der Waals surface area contributed by atoms with Crippen molar-refractivity contribution in [2.24, 2.45) is 11.8 Å². The lowest BCUT2D eigenvalue weighted by molar-refractivity contribution is -0.136. The van der Waals surface area contributed by atoms with Crippen LogP contribution in [0, 0.1) is 11.8 Å². The van der Waals surface area contributed by atoms with Gasteiger partial charge in [0.15, 0.2) is 9.84 Å². The molecule has 2 atom stereocenters. The number of carbonyl (C=O) groups is 2. The number of carbonyl (C=O) groups excluding carboxylic acids is 2. The predicted molar refractivity (Wildman–Crippen MR) is 74.7 cm³/mol. The molecule has 0 aromatic rings. The molecule has 7 heteroatoms. The molecule has 114 valence electrons. The Morgan fingerprint density at radius 2 is 2.05 bits per heavy atom. The largest absolute Gasteiger partial charge is 0.356 e. The minimum absolute atomic E-state index is 0.00129. The summed E-state index contributed by atoms with van der Waals surface area (Å²) in [5.74, 6) is -0.0475. The second-order valence-electron chi connectivity index (χ2n) is 5.83. The van der Waals surface area contributed by atoms with Crippen molar-refractivity contribution in [2.75, 3.05) is 31.1 Å². The average molecular weight is 302 g/mol. The molecule has 2 aliphatic heterocycles. The van der Waals surface area contributed by atoms with E-state index in [0.29, 0.717) is 26.1 Å². The molecule has 2 rings (SSSR count). The SMILES string of the molecule is CC(=O)NC[C@H]1CCCN(C(=O)[C@@H]2CCS(=O)(=O)C2)C1. The van der Waals surface area contributed by atoms with Gasteiger partial charge < -0.3 is 10.2 Å². The van der Waals surface area contributed by atoms with Crippen LogP contribution in [0.25, 0.3) is 0 Å². The fraction of sp³-hybridized carbons (Fsp3) is 0.846. The maximum atomic E-state index is 12.3. The molecule has 0 spiro atoms. The van der Waals surface area contributed by atoms with E-state index in [2.05, 4.69) is 5.32 Å². The number of nitrogens with zero attached hydrogens (tertiary/aromatic N) is 1. The van der Waals surface area contributed by atoms with Crippen LogP contribution in [-0.4, -0.2) is 56.3 Å². The van der Waals surface area contributed by atoms with E-state index in [1.165, 1.54) is 6.92 Å². The third-order valence-electron chi connectivity index (χ3n) is 4.05. The smallest absolute Gasteiger partial charge is 0.226 e. The number of hydrogen-bond acceptors (Lipinski definition) is 4. The third kappa shape index (κ3) is 3.94. The van der Waals surface area contributed by atoms with Crippen molar-refractivity contribution in [3.8, 4) is 0 Å². The van der Waals surface area contributed by atoms with Gasteiger partial charge in [-0.05, 0) is 25.2 Å². The van der Waals surface area contributed by atoms with Gasteiger partial charge in [-0.2, -0.15) is 0 Å². The molecule has 0 aliphatic carbocycles. The molecule has 0 unspecified atom stereocenters. The van der Waals surface area contributed by atoms with Gasteiger partial charge in [-0.25, -0.2) is 8.42 Å². The Labute approximate surface area is 119 Å². The molecule has 20 heavy (non-hydrogen) atoms. The average Bonchev–Trinajstić information content (AvgIpc) is 2.76. The summed E-state index contributed by atoms with van der Waals surface area (Å²) in [5, 5.41) is 2.78. The van der Waals surface area contributed by atoms with Crippen molar-refractivity contribution in [1.29, 1.82) is 0 Å². The first-order valence-corrected chi connectivity index (χ1v) is 8.93. The topological polar surface area (TPSA) is 83.6 Å². The van der Waals surface area contributed by atoms with E-state index < -0.39 is 9.84 Å². The highest BCUT2D eigenvalue weighted by molar-refractivity contribution is 7.91. The Balaban J connectivity index is 1.88. The molecule has 0 saturated carbocycles. The molecule has 0 bridgehead atoms. The van der Waals surface area contributed by atoms with Gasteiger partial charge >= 0.3 is 0 Å². The maximum Gasteiger partial charge on any atom is 0.226 e. The lowest BCUT2D eigenvalue weighted by Crippen LogP contribution is -2.45. The van der Waals surface area contributed by atoms with Crippen LogP contribution < -0.4 is 5.32 Å². The quantitative estimate of drug-likeness (QED) is 0.782. The number of nitrogens with one attached hydrogen (secondary N) is 1. The Kier molecular flexibility index (Phi) is 4.67. The number of amides is 2. The van der Waals surface area contributed by atoms with Crippen LogP contribution in [0.2, 0.25) is 0 Å². The zero-order valence-electron chi connectivity index (χ0n) is 11.8. The van der Waals surface area contributed by atoms with Crippen LogP contribution in [0.1, 0.15) is 26.2 Å². The van der Waals surface area contributed by atoms with Crippen molar-refractivity contribution in [3.63, 3.8) is 0 Å². The van der Waals surface area contributed by atoms with Gasteiger partial charge in [-0.1, -0.05) is 0 Å². The molecule has 0 radical (unpaired) electrons. The first-order valence-electron chi connectivity index (χ1n) is 7.11. The summed E-state index contributed by atoms with van der Waals surface area (Å²) in [7, 11) is -3.02. The first kappa shape index (κ1) is 15.3. The van der Waals surface area contributed by atoms with Crippen molar-refractivity contribution < 1.29 is 18.0 Å². The van der Waals surface area contributed by atoms with Crippen molar-refractivity contribution in [2.45, 2.75) is 26.2 Å². The minimum atomic E-state index is -3.02. The molecular formula is C13H22N2O4S. The highest BCUT2D eigenvalue weighted by Gasteiger charge is 2.36. The van der Waals surface area contributed by atoms with Gasteiger partial charge in [0, 0.05) is 26.6 Å². The van der Waals surface area contributed by atoms with Gasteiger partial charge in [0.25, 0.3) is 0 Å². The Morgan fingerprint density at radius 3 is 2.65 bits per heavy atom. The molecule has 6 nitrogen and oxygen atoms in total. The Bertz CT molecular complexity index is 489. The maximum absolute atomic E-state index is 12.3. The molecular weight excluding hydrogens is 280 g/mol. The van der Waals surface area contributed by atoms with E-state index in [1.807, 2.05) is 0 Å². The van der Waals surface area contributed by atoms with E-state index >= 15 is 0 Å². The first-order chi connectivity index (χ1) is 9.37. The van der Waals surface area contributed by atoms with Crippen LogP contribution in [0.3, 0.4) is 0 Å². The molecule has 0 aromatic heterocycles. The van der Waals surface area contributed by atoms with E-state index in [1.54, 1.807) is 4.90 Å². The second kappa shape index (κ2) is 6.11. The number of sulfone groups is 1. The Hall–Kier alpha value is -1.11. The van der Waals surface area contributed by atoms with Gasteiger partial charge in [0.05, 0.1) is 17.4 Å². The van der Waals surface area contributed by atoms with Crippen LogP contribution in [-0.2, 0) is 19.4 Å².